The molecule has 2 rings (SSSR count). The van der Waals surface area contributed by atoms with Crippen molar-refractivity contribution in [2.75, 3.05) is 50.2 Å². The molecule has 1 aromatic rings. The maximum atomic E-state index is 5.48. The molecule has 19 heavy (non-hydrogen) atoms. The van der Waals surface area contributed by atoms with Gasteiger partial charge in [0.1, 0.15) is 18.2 Å². The summed E-state index contributed by atoms with van der Waals surface area (Å²) in [5, 5.41) is 3.24. The Kier molecular flexibility index (Phi) is 5.35. The maximum absolute atomic E-state index is 5.48. The Balaban J connectivity index is 2.20. The van der Waals surface area contributed by atoms with Crippen LogP contribution in [0, 0.1) is 0 Å². The lowest BCUT2D eigenvalue weighted by Crippen LogP contribution is -2.27. The van der Waals surface area contributed by atoms with Crippen molar-refractivity contribution in [1.29, 1.82) is 0 Å². The van der Waals surface area contributed by atoms with E-state index in [-0.39, 0.29) is 0 Å². The largest absolute Gasteiger partial charge is 0.380 e. The minimum atomic E-state index is 0.427. The average Bonchev–Trinajstić information content (AvgIpc) is 2.68. The first-order valence-corrected chi connectivity index (χ1v) is 6.77. The average molecular weight is 266 g/mol. The van der Waals surface area contributed by atoms with Crippen molar-refractivity contribution in [3.8, 4) is 0 Å². The minimum Gasteiger partial charge on any atom is -0.380 e. The third-order valence-electron chi connectivity index (χ3n) is 2.94. The Labute approximate surface area is 114 Å². The Hall–Kier alpha value is -1.40. The molecule has 1 fully saturated rings. The fourth-order valence-electron chi connectivity index (χ4n) is 2.09. The van der Waals surface area contributed by atoms with Gasteiger partial charge >= 0.3 is 0 Å². The number of rotatable bonds is 5. The number of nitrogens with one attached hydrogen (secondary N) is 1. The number of hydrogen-bond donors (Lipinski definition) is 1. The number of methoxy groups -OCH3 is 1. The molecule has 1 aliphatic heterocycles. The fourth-order valence-corrected chi connectivity index (χ4v) is 2.09. The van der Waals surface area contributed by atoms with Crippen molar-refractivity contribution in [2.45, 2.75) is 20.0 Å². The molecule has 0 spiro atoms. The van der Waals surface area contributed by atoms with E-state index in [4.69, 9.17) is 9.47 Å². The Morgan fingerprint density at radius 3 is 3.05 bits per heavy atom. The van der Waals surface area contributed by atoms with Gasteiger partial charge in [-0.15, -0.1) is 0 Å². The predicted molar refractivity (Wildman–Crippen MR) is 74.6 cm³/mol. The van der Waals surface area contributed by atoms with E-state index in [1.807, 2.05) is 6.07 Å². The molecule has 6 heteroatoms. The Morgan fingerprint density at radius 2 is 2.26 bits per heavy atom. The molecule has 0 bridgehead atoms. The summed E-state index contributed by atoms with van der Waals surface area (Å²) < 4.78 is 10.6. The van der Waals surface area contributed by atoms with E-state index in [0.29, 0.717) is 12.4 Å². The molecule has 6 nitrogen and oxygen atoms in total. The van der Waals surface area contributed by atoms with E-state index >= 15 is 0 Å². The molecule has 1 N–H and O–H groups in total. The summed E-state index contributed by atoms with van der Waals surface area (Å²) in [5.41, 5.74) is 0. The van der Waals surface area contributed by atoms with Gasteiger partial charge in [-0.05, 0) is 13.3 Å². The fraction of sp³-hybridized carbons (Fsp3) is 0.692. The molecule has 1 aromatic heterocycles. The molecule has 0 amide bonds. The summed E-state index contributed by atoms with van der Waals surface area (Å²) in [7, 11) is 1.66. The number of ether oxygens (including phenoxy) is 2. The molecule has 1 aliphatic rings. The summed E-state index contributed by atoms with van der Waals surface area (Å²) in [5.74, 6) is 2.51. The second kappa shape index (κ2) is 7.25. The van der Waals surface area contributed by atoms with E-state index < -0.39 is 0 Å². The quantitative estimate of drug-likeness (QED) is 0.866. The van der Waals surface area contributed by atoms with Crippen LogP contribution in [-0.2, 0) is 16.1 Å². The van der Waals surface area contributed by atoms with Gasteiger partial charge in [-0.2, -0.15) is 0 Å². The summed E-state index contributed by atoms with van der Waals surface area (Å²) in [6.45, 7) is 6.73. The zero-order valence-corrected chi connectivity index (χ0v) is 11.7. The zero-order chi connectivity index (χ0) is 13.5. The normalized spacial score (nSPS) is 16.2. The van der Waals surface area contributed by atoms with Gasteiger partial charge in [-0.1, -0.05) is 0 Å². The third-order valence-corrected chi connectivity index (χ3v) is 2.94. The number of nitrogens with zero attached hydrogens (tertiary/aromatic N) is 3. The highest BCUT2D eigenvalue weighted by molar-refractivity contribution is 5.49. The van der Waals surface area contributed by atoms with Crippen LogP contribution in [0.3, 0.4) is 0 Å². The van der Waals surface area contributed by atoms with Crippen molar-refractivity contribution < 1.29 is 9.47 Å². The SMILES string of the molecule is CCNc1cc(N2CCCOCC2)nc(COC)n1. The molecule has 0 unspecified atom stereocenters. The number of anilines is 2. The lowest BCUT2D eigenvalue weighted by molar-refractivity contribution is 0.152. The molecule has 0 aromatic carbocycles. The number of aromatic nitrogens is 2. The van der Waals surface area contributed by atoms with E-state index in [2.05, 4.69) is 27.1 Å². The van der Waals surface area contributed by atoms with Crippen LogP contribution >= 0.6 is 0 Å². The summed E-state index contributed by atoms with van der Waals surface area (Å²) in [6.07, 6.45) is 1.03. The highest BCUT2D eigenvalue weighted by Crippen LogP contribution is 2.17. The first kappa shape index (κ1) is 14.0. The molecule has 0 saturated carbocycles. The molecule has 0 aliphatic carbocycles. The van der Waals surface area contributed by atoms with Crippen LogP contribution in [0.4, 0.5) is 11.6 Å². The van der Waals surface area contributed by atoms with Crippen LogP contribution < -0.4 is 10.2 Å². The lowest BCUT2D eigenvalue weighted by Gasteiger charge is -2.21. The van der Waals surface area contributed by atoms with Gasteiger partial charge in [0.05, 0.1) is 6.61 Å². The first-order valence-electron chi connectivity index (χ1n) is 6.77. The predicted octanol–water partition coefficient (Wildman–Crippen LogP) is 1.28. The van der Waals surface area contributed by atoms with E-state index in [1.165, 1.54) is 0 Å². The van der Waals surface area contributed by atoms with Gasteiger partial charge in [0.2, 0.25) is 0 Å². The smallest absolute Gasteiger partial charge is 0.158 e. The molecule has 0 radical (unpaired) electrons. The van der Waals surface area contributed by atoms with Crippen LogP contribution in [0.5, 0.6) is 0 Å². The highest BCUT2D eigenvalue weighted by atomic mass is 16.5. The minimum absolute atomic E-state index is 0.427. The maximum Gasteiger partial charge on any atom is 0.158 e. The molecule has 1 saturated heterocycles. The molecule has 106 valence electrons. The van der Waals surface area contributed by atoms with Gasteiger partial charge in [-0.3, -0.25) is 0 Å². The van der Waals surface area contributed by atoms with Gasteiger partial charge in [0.25, 0.3) is 0 Å². The molecular weight excluding hydrogens is 244 g/mol. The Bertz CT molecular complexity index is 368. The summed E-state index contributed by atoms with van der Waals surface area (Å²) >= 11 is 0. The molecular formula is C13H22N4O2. The van der Waals surface area contributed by atoms with E-state index in [0.717, 1.165) is 50.9 Å². The van der Waals surface area contributed by atoms with Gasteiger partial charge in [0.15, 0.2) is 5.82 Å². The summed E-state index contributed by atoms with van der Waals surface area (Å²) in [6, 6.07) is 1.99. The van der Waals surface area contributed by atoms with E-state index in [9.17, 15) is 0 Å². The monoisotopic (exact) mass is 266 g/mol. The second-order valence-electron chi connectivity index (χ2n) is 4.44. The first-order chi connectivity index (χ1) is 9.33. The highest BCUT2D eigenvalue weighted by Gasteiger charge is 2.13. The van der Waals surface area contributed by atoms with E-state index in [1.54, 1.807) is 7.11 Å². The van der Waals surface area contributed by atoms with Crippen molar-refractivity contribution in [2.24, 2.45) is 0 Å². The topological polar surface area (TPSA) is 59.5 Å². The number of hydrogen-bond acceptors (Lipinski definition) is 6. The summed E-state index contributed by atoms with van der Waals surface area (Å²) in [4.78, 5) is 11.2. The standard InChI is InChI=1S/C13H22N4O2/c1-3-14-11-9-13(16-12(15-11)10-18-2)17-5-4-7-19-8-6-17/h9H,3-8,10H2,1-2H3,(H,14,15,16). The van der Waals surface area contributed by atoms with Gasteiger partial charge in [-0.25, -0.2) is 9.97 Å². The van der Waals surface area contributed by atoms with Crippen LogP contribution in [0.15, 0.2) is 6.07 Å². The molecule has 0 atom stereocenters. The van der Waals surface area contributed by atoms with Crippen molar-refractivity contribution in [3.05, 3.63) is 11.9 Å². The van der Waals surface area contributed by atoms with Crippen molar-refractivity contribution >= 4 is 11.6 Å². The Morgan fingerprint density at radius 1 is 1.37 bits per heavy atom. The van der Waals surface area contributed by atoms with Crippen LogP contribution in [0.2, 0.25) is 0 Å². The van der Waals surface area contributed by atoms with Crippen LogP contribution in [0.25, 0.3) is 0 Å². The lowest BCUT2D eigenvalue weighted by atomic mass is 10.3. The van der Waals surface area contributed by atoms with Crippen molar-refractivity contribution in [3.63, 3.8) is 0 Å². The van der Waals surface area contributed by atoms with Crippen molar-refractivity contribution in [1.82, 2.24) is 9.97 Å². The van der Waals surface area contributed by atoms with Crippen LogP contribution in [0.1, 0.15) is 19.2 Å². The zero-order valence-electron chi connectivity index (χ0n) is 11.7. The van der Waals surface area contributed by atoms with Crippen LogP contribution in [-0.4, -0.2) is 49.9 Å². The third kappa shape index (κ3) is 4.04. The van der Waals surface area contributed by atoms with Gasteiger partial charge < -0.3 is 19.7 Å². The molecule has 2 heterocycles. The van der Waals surface area contributed by atoms with Gasteiger partial charge in [0, 0.05) is 39.4 Å². The second-order valence-corrected chi connectivity index (χ2v) is 4.44.